The Morgan fingerprint density at radius 2 is 2.38 bits per heavy atom. The molecule has 3 heteroatoms. The molecular weight excluding hydrogens is 108 g/mol. The topological polar surface area (TPSA) is 49.7 Å². The fourth-order valence-electron chi connectivity index (χ4n) is 0.680. The first-order valence-electron chi connectivity index (χ1n) is 2.65. The van der Waals surface area contributed by atoms with Crippen molar-refractivity contribution in [1.29, 1.82) is 0 Å². The Morgan fingerprint density at radius 1 is 1.75 bits per heavy atom. The summed E-state index contributed by atoms with van der Waals surface area (Å²) in [6.07, 6.45) is -0.462. The van der Waals surface area contributed by atoms with Gasteiger partial charge in [-0.2, -0.15) is 0 Å². The van der Waals surface area contributed by atoms with E-state index in [1.165, 1.54) is 0 Å². The quantitative estimate of drug-likeness (QED) is 0.450. The summed E-state index contributed by atoms with van der Waals surface area (Å²) in [4.78, 5) is 0. The van der Waals surface area contributed by atoms with Gasteiger partial charge in [-0.05, 0) is 6.92 Å². The zero-order valence-electron chi connectivity index (χ0n) is 4.79. The first-order valence-corrected chi connectivity index (χ1v) is 2.65. The van der Waals surface area contributed by atoms with Gasteiger partial charge in [0.15, 0.2) is 6.29 Å². The maximum absolute atomic E-state index is 9.09. The molecule has 2 N–H and O–H groups in total. The minimum absolute atomic E-state index is 0.453. The van der Waals surface area contributed by atoms with E-state index in [1.807, 2.05) is 0 Å². The van der Waals surface area contributed by atoms with Crippen molar-refractivity contribution in [2.75, 3.05) is 6.61 Å². The molecule has 0 aromatic carbocycles. The molecule has 1 aliphatic heterocycles. The second kappa shape index (κ2) is 1.69. The summed E-state index contributed by atoms with van der Waals surface area (Å²) >= 11 is 0. The standard InChI is InChI=1S/C5H10O3/c1-5(7)2-3-8-4(5)6/h4,6-7H,2-3H2,1H3. The zero-order chi connectivity index (χ0) is 6.20. The monoisotopic (exact) mass is 118 g/mol. The summed E-state index contributed by atoms with van der Waals surface area (Å²) in [5.74, 6) is 0. The SMILES string of the molecule is CC1(O)CCOC1O. The minimum atomic E-state index is -1.01. The molecule has 1 heterocycles. The first kappa shape index (κ1) is 6.01. The third kappa shape index (κ3) is 0.844. The number of aliphatic hydroxyl groups excluding tert-OH is 1. The van der Waals surface area contributed by atoms with E-state index in [1.54, 1.807) is 6.92 Å². The van der Waals surface area contributed by atoms with Crippen LogP contribution in [-0.4, -0.2) is 28.7 Å². The van der Waals surface area contributed by atoms with Crippen molar-refractivity contribution in [2.45, 2.75) is 25.2 Å². The fraction of sp³-hybridized carbons (Fsp3) is 1.00. The van der Waals surface area contributed by atoms with E-state index < -0.39 is 11.9 Å². The lowest BCUT2D eigenvalue weighted by atomic mass is 10.1. The van der Waals surface area contributed by atoms with E-state index in [4.69, 9.17) is 10.2 Å². The lowest BCUT2D eigenvalue weighted by molar-refractivity contribution is -0.150. The van der Waals surface area contributed by atoms with Gasteiger partial charge in [-0.1, -0.05) is 0 Å². The molecule has 0 amide bonds. The van der Waals surface area contributed by atoms with Crippen LogP contribution >= 0.6 is 0 Å². The highest BCUT2D eigenvalue weighted by atomic mass is 16.6. The summed E-state index contributed by atoms with van der Waals surface area (Å²) < 4.78 is 4.67. The third-order valence-corrected chi connectivity index (χ3v) is 1.42. The van der Waals surface area contributed by atoms with Crippen LogP contribution in [0.4, 0.5) is 0 Å². The van der Waals surface area contributed by atoms with Crippen LogP contribution in [0, 0.1) is 0 Å². The molecule has 1 aliphatic rings. The molecule has 48 valence electrons. The van der Waals surface area contributed by atoms with Crippen molar-refractivity contribution >= 4 is 0 Å². The molecular formula is C5H10O3. The maximum Gasteiger partial charge on any atom is 0.183 e. The van der Waals surface area contributed by atoms with Crippen molar-refractivity contribution in [3.63, 3.8) is 0 Å². The summed E-state index contributed by atoms with van der Waals surface area (Å²) in [6, 6.07) is 0. The van der Waals surface area contributed by atoms with Crippen LogP contribution in [0.1, 0.15) is 13.3 Å². The molecule has 0 aliphatic carbocycles. The summed E-state index contributed by atoms with van der Waals surface area (Å²) in [7, 11) is 0. The van der Waals surface area contributed by atoms with Crippen LogP contribution in [-0.2, 0) is 4.74 Å². The highest BCUT2D eigenvalue weighted by molar-refractivity contribution is 4.80. The molecule has 0 aromatic heterocycles. The van der Waals surface area contributed by atoms with Crippen molar-refractivity contribution in [1.82, 2.24) is 0 Å². The number of ether oxygens (including phenoxy) is 1. The van der Waals surface area contributed by atoms with Crippen LogP contribution < -0.4 is 0 Å². The Hall–Kier alpha value is -0.120. The van der Waals surface area contributed by atoms with E-state index in [0.29, 0.717) is 13.0 Å². The highest BCUT2D eigenvalue weighted by Gasteiger charge is 2.36. The highest BCUT2D eigenvalue weighted by Crippen LogP contribution is 2.22. The predicted molar refractivity (Wildman–Crippen MR) is 27.2 cm³/mol. The van der Waals surface area contributed by atoms with E-state index in [0.717, 1.165) is 0 Å². The zero-order valence-corrected chi connectivity index (χ0v) is 4.79. The number of aliphatic hydroxyl groups is 2. The second-order valence-corrected chi connectivity index (χ2v) is 2.33. The molecule has 0 spiro atoms. The summed E-state index contributed by atoms with van der Waals surface area (Å²) in [5.41, 5.74) is -1.01. The predicted octanol–water partition coefficient (Wildman–Crippen LogP) is -0.524. The first-order chi connectivity index (χ1) is 3.63. The Labute approximate surface area is 47.9 Å². The van der Waals surface area contributed by atoms with Gasteiger partial charge in [-0.15, -0.1) is 0 Å². The molecule has 0 bridgehead atoms. The molecule has 0 aromatic rings. The van der Waals surface area contributed by atoms with Crippen molar-refractivity contribution in [2.24, 2.45) is 0 Å². The molecule has 1 saturated heterocycles. The molecule has 3 nitrogen and oxygen atoms in total. The van der Waals surface area contributed by atoms with Gasteiger partial charge >= 0.3 is 0 Å². The molecule has 1 rings (SSSR count). The van der Waals surface area contributed by atoms with Gasteiger partial charge in [0, 0.05) is 6.42 Å². The average Bonchev–Trinajstić information content (AvgIpc) is 1.86. The molecule has 2 unspecified atom stereocenters. The Kier molecular flexibility index (Phi) is 1.27. The van der Waals surface area contributed by atoms with Crippen LogP contribution in [0.3, 0.4) is 0 Å². The molecule has 0 radical (unpaired) electrons. The van der Waals surface area contributed by atoms with Crippen LogP contribution in [0.2, 0.25) is 0 Å². The van der Waals surface area contributed by atoms with Crippen LogP contribution in [0.25, 0.3) is 0 Å². The van der Waals surface area contributed by atoms with Gasteiger partial charge in [0.1, 0.15) is 5.60 Å². The van der Waals surface area contributed by atoms with Gasteiger partial charge in [0.25, 0.3) is 0 Å². The maximum atomic E-state index is 9.09. The van der Waals surface area contributed by atoms with E-state index in [9.17, 15) is 0 Å². The molecule has 0 saturated carbocycles. The van der Waals surface area contributed by atoms with Gasteiger partial charge in [0.2, 0.25) is 0 Å². The number of rotatable bonds is 0. The Balaban J connectivity index is 2.54. The van der Waals surface area contributed by atoms with Crippen LogP contribution in [0.15, 0.2) is 0 Å². The van der Waals surface area contributed by atoms with Crippen LogP contribution in [0.5, 0.6) is 0 Å². The van der Waals surface area contributed by atoms with E-state index in [2.05, 4.69) is 4.74 Å². The third-order valence-electron chi connectivity index (χ3n) is 1.42. The Morgan fingerprint density at radius 3 is 2.50 bits per heavy atom. The number of hydrogen-bond donors (Lipinski definition) is 2. The van der Waals surface area contributed by atoms with Crippen molar-refractivity contribution in [3.05, 3.63) is 0 Å². The smallest absolute Gasteiger partial charge is 0.183 e. The lowest BCUT2D eigenvalue weighted by Gasteiger charge is -2.17. The lowest BCUT2D eigenvalue weighted by Crippen LogP contribution is -2.33. The molecule has 2 atom stereocenters. The summed E-state index contributed by atoms with van der Waals surface area (Å²) in [5, 5.41) is 17.9. The average molecular weight is 118 g/mol. The van der Waals surface area contributed by atoms with Gasteiger partial charge in [0.05, 0.1) is 6.61 Å². The van der Waals surface area contributed by atoms with E-state index in [-0.39, 0.29) is 0 Å². The van der Waals surface area contributed by atoms with Crippen molar-refractivity contribution in [3.8, 4) is 0 Å². The summed E-state index contributed by atoms with van der Waals surface area (Å²) in [6.45, 7) is 2.01. The molecule has 8 heavy (non-hydrogen) atoms. The van der Waals surface area contributed by atoms with Gasteiger partial charge in [-0.3, -0.25) is 0 Å². The number of hydrogen-bond acceptors (Lipinski definition) is 3. The second-order valence-electron chi connectivity index (χ2n) is 2.33. The van der Waals surface area contributed by atoms with Gasteiger partial charge in [-0.25, -0.2) is 0 Å². The Bertz CT molecular complexity index is 89.7. The fourth-order valence-corrected chi connectivity index (χ4v) is 0.680. The van der Waals surface area contributed by atoms with Crippen molar-refractivity contribution < 1.29 is 14.9 Å². The molecule has 1 fully saturated rings. The van der Waals surface area contributed by atoms with Gasteiger partial charge < -0.3 is 14.9 Å². The minimum Gasteiger partial charge on any atom is -0.385 e. The largest absolute Gasteiger partial charge is 0.385 e. The van der Waals surface area contributed by atoms with E-state index >= 15 is 0 Å². The normalized spacial score (nSPS) is 47.6.